The Morgan fingerprint density at radius 2 is 1.21 bits per heavy atom. The summed E-state index contributed by atoms with van der Waals surface area (Å²) in [6.07, 6.45) is -3.24. The van der Waals surface area contributed by atoms with E-state index in [0.717, 1.165) is 16.7 Å². The van der Waals surface area contributed by atoms with E-state index in [2.05, 4.69) is 20.8 Å². The molecule has 42 heavy (non-hydrogen) atoms. The second kappa shape index (κ2) is 16.5. The normalized spacial score (nSPS) is 23.0. The zero-order valence-corrected chi connectivity index (χ0v) is 25.1. The largest absolute Gasteiger partial charge is 0.456 e. The highest BCUT2D eigenvalue weighted by Crippen LogP contribution is 2.31. The molecule has 0 spiro atoms. The van der Waals surface area contributed by atoms with Crippen LogP contribution >= 0.6 is 0 Å². The second-order valence-electron chi connectivity index (χ2n) is 11.2. The molecule has 1 saturated heterocycles. The van der Waals surface area contributed by atoms with Crippen molar-refractivity contribution in [1.29, 1.82) is 0 Å². The minimum absolute atomic E-state index is 0.160. The third kappa shape index (κ3) is 9.48. The fourth-order valence-electron chi connectivity index (χ4n) is 4.81. The molecule has 6 atom stereocenters. The van der Waals surface area contributed by atoms with Gasteiger partial charge in [-0.2, -0.15) is 0 Å². The van der Waals surface area contributed by atoms with Crippen LogP contribution in [-0.2, 0) is 53.0 Å². The number of hydrogen-bond acceptors (Lipinski definition) is 7. The summed E-state index contributed by atoms with van der Waals surface area (Å²) in [5.74, 6) is 0.199. The summed E-state index contributed by atoms with van der Waals surface area (Å²) in [5, 5.41) is 0. The van der Waals surface area contributed by atoms with Crippen LogP contribution in [0.25, 0.3) is 0 Å². The first-order valence-corrected chi connectivity index (χ1v) is 14.7. The van der Waals surface area contributed by atoms with Crippen molar-refractivity contribution in [2.45, 2.75) is 77.7 Å². The van der Waals surface area contributed by atoms with Gasteiger partial charge in [-0.3, -0.25) is 4.79 Å². The van der Waals surface area contributed by atoms with E-state index in [1.807, 2.05) is 91.0 Å². The lowest BCUT2D eigenvalue weighted by Gasteiger charge is -2.45. The molecule has 0 bridgehead atoms. The molecule has 4 rings (SSSR count). The highest BCUT2D eigenvalue weighted by atomic mass is 16.7. The Hall–Kier alpha value is -3.07. The fourth-order valence-corrected chi connectivity index (χ4v) is 4.81. The molecule has 0 aliphatic carbocycles. The van der Waals surface area contributed by atoms with Gasteiger partial charge in [0.2, 0.25) is 0 Å². The van der Waals surface area contributed by atoms with Crippen molar-refractivity contribution in [3.8, 4) is 0 Å². The lowest BCUT2D eigenvalue weighted by atomic mass is 9.94. The molecule has 0 aromatic heterocycles. The van der Waals surface area contributed by atoms with E-state index in [-0.39, 0.29) is 18.5 Å². The third-order valence-electron chi connectivity index (χ3n) is 7.68. The van der Waals surface area contributed by atoms with Gasteiger partial charge in [0.1, 0.15) is 18.3 Å². The molecule has 0 amide bonds. The highest BCUT2D eigenvalue weighted by Gasteiger charge is 2.50. The molecule has 0 saturated carbocycles. The maximum Gasteiger partial charge on any atom is 0.306 e. The van der Waals surface area contributed by atoms with Crippen LogP contribution in [0.1, 0.15) is 43.9 Å². The van der Waals surface area contributed by atoms with E-state index in [9.17, 15) is 4.79 Å². The molecular weight excluding hydrogens is 532 g/mol. The second-order valence-corrected chi connectivity index (χ2v) is 11.2. The minimum atomic E-state index is -0.795. The number of carbonyl (C=O) groups is 1. The van der Waals surface area contributed by atoms with Crippen LogP contribution in [0.4, 0.5) is 0 Å². The zero-order chi connectivity index (χ0) is 29.7. The quantitative estimate of drug-likeness (QED) is 0.196. The average molecular weight is 577 g/mol. The van der Waals surface area contributed by atoms with Gasteiger partial charge in [-0.1, -0.05) is 112 Å². The Morgan fingerprint density at radius 3 is 1.71 bits per heavy atom. The fraction of sp³-hybridized carbons (Fsp3) is 0.457. The van der Waals surface area contributed by atoms with Crippen LogP contribution in [0.15, 0.2) is 91.0 Å². The first-order valence-electron chi connectivity index (χ1n) is 14.7. The summed E-state index contributed by atoms with van der Waals surface area (Å²) in [4.78, 5) is 13.3. The number of esters is 1. The first-order chi connectivity index (χ1) is 20.4. The predicted octanol–water partition coefficient (Wildman–Crippen LogP) is 6.34. The number of hydrogen-bond donors (Lipinski definition) is 0. The summed E-state index contributed by atoms with van der Waals surface area (Å²) in [6.45, 7) is 7.50. The summed E-state index contributed by atoms with van der Waals surface area (Å²) in [6, 6.07) is 29.7. The Morgan fingerprint density at radius 1 is 0.714 bits per heavy atom. The predicted molar refractivity (Wildman–Crippen MR) is 160 cm³/mol. The number of benzene rings is 3. The molecule has 1 fully saturated rings. The Balaban J connectivity index is 1.59. The molecule has 3 aromatic rings. The summed E-state index contributed by atoms with van der Waals surface area (Å²) in [7, 11) is 1.57. The lowest BCUT2D eigenvalue weighted by molar-refractivity contribution is -0.317. The first kappa shape index (κ1) is 31.9. The number of carbonyl (C=O) groups excluding carboxylic acids is 1. The maximum atomic E-state index is 13.3. The molecule has 7 heteroatoms. The third-order valence-corrected chi connectivity index (χ3v) is 7.68. The molecule has 0 N–H and O–H groups in total. The molecule has 1 heterocycles. The van der Waals surface area contributed by atoms with E-state index in [1.54, 1.807) is 7.11 Å². The van der Waals surface area contributed by atoms with Gasteiger partial charge in [0, 0.05) is 13.5 Å². The van der Waals surface area contributed by atoms with Crippen molar-refractivity contribution >= 4 is 5.97 Å². The number of methoxy groups -OCH3 is 1. The van der Waals surface area contributed by atoms with Crippen molar-refractivity contribution in [3.05, 3.63) is 108 Å². The molecule has 1 aliphatic rings. The SMILES string of the molecule is CO[C@H]1O[C@H](COCc2ccccc2)[C@H](OCc2ccccc2)[C@H](OC(=O)C[C@H](C)C(C)C)[C@H]1OCc1ccccc1. The van der Waals surface area contributed by atoms with Gasteiger partial charge < -0.3 is 28.4 Å². The number of ether oxygens (including phenoxy) is 6. The van der Waals surface area contributed by atoms with Gasteiger partial charge in [0.15, 0.2) is 12.4 Å². The average Bonchev–Trinajstić information content (AvgIpc) is 3.01. The highest BCUT2D eigenvalue weighted by molar-refractivity contribution is 5.70. The molecule has 0 unspecified atom stereocenters. The molecule has 7 nitrogen and oxygen atoms in total. The Bertz CT molecular complexity index is 1170. The van der Waals surface area contributed by atoms with Crippen molar-refractivity contribution in [2.24, 2.45) is 11.8 Å². The van der Waals surface area contributed by atoms with Crippen LogP contribution < -0.4 is 0 Å². The van der Waals surface area contributed by atoms with Crippen LogP contribution in [0.5, 0.6) is 0 Å². The van der Waals surface area contributed by atoms with Gasteiger partial charge in [-0.05, 0) is 28.5 Å². The van der Waals surface area contributed by atoms with Crippen molar-refractivity contribution in [2.75, 3.05) is 13.7 Å². The van der Waals surface area contributed by atoms with Gasteiger partial charge in [0.05, 0.1) is 26.4 Å². The zero-order valence-electron chi connectivity index (χ0n) is 25.1. The molecule has 1 aliphatic heterocycles. The number of rotatable bonds is 15. The molecule has 3 aromatic carbocycles. The maximum absolute atomic E-state index is 13.3. The summed E-state index contributed by atoms with van der Waals surface area (Å²) >= 11 is 0. The summed E-state index contributed by atoms with van der Waals surface area (Å²) in [5.41, 5.74) is 3.03. The smallest absolute Gasteiger partial charge is 0.306 e. The van der Waals surface area contributed by atoms with Crippen LogP contribution in [0.3, 0.4) is 0 Å². The van der Waals surface area contributed by atoms with Gasteiger partial charge in [-0.15, -0.1) is 0 Å². The minimum Gasteiger partial charge on any atom is -0.456 e. The molecular formula is C35H44O7. The van der Waals surface area contributed by atoms with E-state index >= 15 is 0 Å². The standard InChI is InChI=1S/C35H44O7/c1-25(2)26(3)20-31(36)42-33-32(39-22-28-16-10-6-11-17-28)30(24-38-21-27-14-8-5-9-15-27)41-35(37-4)34(33)40-23-29-18-12-7-13-19-29/h5-19,25-26,30,32-35H,20-24H2,1-4H3/t26-,30+,32-,33-,34+,35-/m0/s1. The van der Waals surface area contributed by atoms with E-state index in [1.165, 1.54) is 0 Å². The van der Waals surface area contributed by atoms with Crippen LogP contribution in [0.2, 0.25) is 0 Å². The van der Waals surface area contributed by atoms with Gasteiger partial charge in [0.25, 0.3) is 0 Å². The molecule has 0 radical (unpaired) electrons. The monoisotopic (exact) mass is 576 g/mol. The topological polar surface area (TPSA) is 72.5 Å². The van der Waals surface area contributed by atoms with Crippen molar-refractivity contribution in [3.63, 3.8) is 0 Å². The van der Waals surface area contributed by atoms with Crippen LogP contribution in [-0.4, -0.2) is 50.4 Å². The van der Waals surface area contributed by atoms with Crippen LogP contribution in [0, 0.1) is 11.8 Å². The Kier molecular flexibility index (Phi) is 12.5. The Labute approximate surface area is 250 Å². The van der Waals surface area contributed by atoms with Crippen molar-refractivity contribution in [1.82, 2.24) is 0 Å². The van der Waals surface area contributed by atoms with E-state index < -0.39 is 30.7 Å². The van der Waals surface area contributed by atoms with Crippen molar-refractivity contribution < 1.29 is 33.2 Å². The summed E-state index contributed by atoms with van der Waals surface area (Å²) < 4.78 is 37.4. The van der Waals surface area contributed by atoms with E-state index in [4.69, 9.17) is 28.4 Å². The van der Waals surface area contributed by atoms with Gasteiger partial charge >= 0.3 is 5.97 Å². The molecule has 226 valence electrons. The van der Waals surface area contributed by atoms with Gasteiger partial charge in [-0.25, -0.2) is 0 Å². The van der Waals surface area contributed by atoms with E-state index in [0.29, 0.717) is 32.2 Å². The lowest BCUT2D eigenvalue weighted by Crippen LogP contribution is -2.62.